The van der Waals surface area contributed by atoms with Gasteiger partial charge in [-0.05, 0) is 38.8 Å². The van der Waals surface area contributed by atoms with E-state index in [1.54, 1.807) is 4.90 Å². The Morgan fingerprint density at radius 3 is 2.36 bits per heavy atom. The lowest BCUT2D eigenvalue weighted by molar-refractivity contribution is -0.134. The van der Waals surface area contributed by atoms with E-state index in [4.69, 9.17) is 0 Å². The number of carbonyl (C=O) groups is 1. The lowest BCUT2D eigenvalue weighted by Crippen LogP contribution is -2.49. The van der Waals surface area contributed by atoms with Gasteiger partial charge in [0, 0.05) is 38.3 Å². The van der Waals surface area contributed by atoms with Crippen molar-refractivity contribution in [1.82, 2.24) is 14.7 Å². The zero-order chi connectivity index (χ0) is 20.1. The molecule has 2 heterocycles. The van der Waals surface area contributed by atoms with Crippen LogP contribution < -0.4 is 0 Å². The molecule has 1 amide bonds. The minimum atomic E-state index is -2.97. The minimum absolute atomic E-state index is 0.0701. The Kier molecular flexibility index (Phi) is 7.12. The average molecular weight is 408 g/mol. The van der Waals surface area contributed by atoms with Crippen molar-refractivity contribution in [2.24, 2.45) is 0 Å². The number of nitrogens with zero attached hydrogens (tertiary/aromatic N) is 3. The van der Waals surface area contributed by atoms with Gasteiger partial charge in [-0.2, -0.15) is 0 Å². The van der Waals surface area contributed by atoms with Crippen molar-refractivity contribution in [2.75, 3.05) is 44.7 Å². The van der Waals surface area contributed by atoms with Gasteiger partial charge in [-0.15, -0.1) is 0 Å². The molecule has 28 heavy (non-hydrogen) atoms. The summed E-state index contributed by atoms with van der Waals surface area (Å²) in [6.45, 7) is 5.69. The molecule has 1 aromatic rings. The van der Waals surface area contributed by atoms with E-state index in [9.17, 15) is 13.2 Å². The summed E-state index contributed by atoms with van der Waals surface area (Å²) < 4.78 is 23.5. The molecule has 0 bridgehead atoms. The van der Waals surface area contributed by atoms with Crippen LogP contribution >= 0.6 is 0 Å². The van der Waals surface area contributed by atoms with E-state index < -0.39 is 9.84 Å². The zero-order valence-corrected chi connectivity index (χ0v) is 17.9. The maximum atomic E-state index is 12.8. The molecule has 6 nitrogen and oxygen atoms in total. The van der Waals surface area contributed by atoms with Crippen molar-refractivity contribution >= 4 is 15.7 Å². The molecule has 156 valence electrons. The third-order valence-electron chi connectivity index (χ3n) is 6.12. The van der Waals surface area contributed by atoms with Gasteiger partial charge in [0.2, 0.25) is 5.91 Å². The zero-order valence-electron chi connectivity index (χ0n) is 17.1. The molecule has 7 heteroatoms. The minimum Gasteiger partial charge on any atom is -0.338 e. The van der Waals surface area contributed by atoms with Gasteiger partial charge >= 0.3 is 0 Å². The number of rotatable bonds is 7. The van der Waals surface area contributed by atoms with E-state index in [0.717, 1.165) is 32.5 Å². The Bertz CT molecular complexity index is 745. The maximum absolute atomic E-state index is 12.8. The number of carbonyl (C=O) groups excluding carboxylic acids is 1. The van der Waals surface area contributed by atoms with Crippen LogP contribution in [0.5, 0.6) is 0 Å². The van der Waals surface area contributed by atoms with E-state index >= 15 is 0 Å². The van der Waals surface area contributed by atoms with Crippen LogP contribution in [0.15, 0.2) is 30.3 Å². The summed E-state index contributed by atoms with van der Waals surface area (Å²) in [5.74, 6) is 0.403. The van der Waals surface area contributed by atoms with Crippen molar-refractivity contribution in [3.8, 4) is 0 Å². The quantitative estimate of drug-likeness (QED) is 0.687. The van der Waals surface area contributed by atoms with Crippen molar-refractivity contribution in [1.29, 1.82) is 0 Å². The lowest BCUT2D eigenvalue weighted by atomic mass is 10.0. The normalized spacial score (nSPS) is 23.2. The fourth-order valence-corrected chi connectivity index (χ4v) is 6.19. The van der Waals surface area contributed by atoms with Gasteiger partial charge in [-0.1, -0.05) is 30.3 Å². The van der Waals surface area contributed by atoms with Crippen LogP contribution in [0.25, 0.3) is 0 Å². The Labute approximate surface area is 169 Å². The molecule has 0 N–H and O–H groups in total. The van der Waals surface area contributed by atoms with Gasteiger partial charge in [0.15, 0.2) is 9.84 Å². The van der Waals surface area contributed by atoms with Crippen LogP contribution in [0.3, 0.4) is 0 Å². The van der Waals surface area contributed by atoms with Crippen molar-refractivity contribution in [3.63, 3.8) is 0 Å². The topological polar surface area (TPSA) is 60.9 Å². The predicted molar refractivity (Wildman–Crippen MR) is 112 cm³/mol. The van der Waals surface area contributed by atoms with Crippen LogP contribution in [-0.2, 0) is 21.2 Å². The van der Waals surface area contributed by atoms with E-state index in [1.807, 2.05) is 13.0 Å². The molecular weight excluding hydrogens is 374 g/mol. The highest BCUT2D eigenvalue weighted by Gasteiger charge is 2.34. The fraction of sp³-hybridized carbons (Fsp3) is 0.667. The molecule has 2 aliphatic heterocycles. The number of benzene rings is 1. The third kappa shape index (κ3) is 5.55. The molecule has 1 unspecified atom stereocenters. The molecular formula is C21H33N3O3S. The second-order valence-electron chi connectivity index (χ2n) is 8.14. The van der Waals surface area contributed by atoms with Crippen molar-refractivity contribution in [3.05, 3.63) is 35.9 Å². The smallest absolute Gasteiger partial charge is 0.237 e. The summed E-state index contributed by atoms with van der Waals surface area (Å²) in [5.41, 5.74) is 1.33. The van der Waals surface area contributed by atoms with Gasteiger partial charge in [0.1, 0.15) is 0 Å². The van der Waals surface area contributed by atoms with Gasteiger partial charge in [-0.3, -0.25) is 14.6 Å². The summed E-state index contributed by atoms with van der Waals surface area (Å²) in [5, 5.41) is 0. The summed E-state index contributed by atoms with van der Waals surface area (Å²) in [6, 6.07) is 10.9. The van der Waals surface area contributed by atoms with Crippen molar-refractivity contribution < 1.29 is 13.2 Å². The first-order chi connectivity index (χ1) is 13.4. The Morgan fingerprint density at radius 1 is 1.11 bits per heavy atom. The lowest BCUT2D eigenvalue weighted by Gasteiger charge is -2.37. The van der Waals surface area contributed by atoms with E-state index in [1.165, 1.54) is 5.56 Å². The standard InChI is InChI=1S/C21H33N3O3S/c1-3-24(20-11-14-28(26,27)17-20)21(25)16-23-12-9-19(10-13-23)22(2)15-18-7-5-4-6-8-18/h4-8,19-20H,3,9-17H2,1-2H3. The molecule has 0 aromatic heterocycles. The van der Waals surface area contributed by atoms with Crippen molar-refractivity contribution in [2.45, 2.75) is 44.8 Å². The van der Waals surface area contributed by atoms with Gasteiger partial charge in [0.05, 0.1) is 18.1 Å². The number of hydrogen-bond acceptors (Lipinski definition) is 5. The Balaban J connectivity index is 1.46. The first kappa shape index (κ1) is 21.3. The van der Waals surface area contributed by atoms with E-state index in [-0.39, 0.29) is 23.5 Å². The van der Waals surface area contributed by atoms with Crippen LogP contribution in [0, 0.1) is 0 Å². The van der Waals surface area contributed by atoms with Gasteiger partial charge < -0.3 is 4.90 Å². The molecule has 2 saturated heterocycles. The highest BCUT2D eigenvalue weighted by molar-refractivity contribution is 7.91. The van der Waals surface area contributed by atoms with E-state index in [0.29, 0.717) is 25.6 Å². The molecule has 0 radical (unpaired) electrons. The van der Waals surface area contributed by atoms with Crippen LogP contribution in [-0.4, -0.2) is 85.8 Å². The Morgan fingerprint density at radius 2 is 1.79 bits per heavy atom. The van der Waals surface area contributed by atoms with Crippen LogP contribution in [0.4, 0.5) is 0 Å². The molecule has 1 aromatic carbocycles. The Hall–Kier alpha value is -1.44. The molecule has 2 fully saturated rings. The second kappa shape index (κ2) is 9.37. The maximum Gasteiger partial charge on any atom is 0.237 e. The summed E-state index contributed by atoms with van der Waals surface area (Å²) >= 11 is 0. The SMILES string of the molecule is CCN(C(=O)CN1CCC(N(C)Cc2ccccc2)CC1)C1CCS(=O)(=O)C1. The molecule has 1 atom stereocenters. The second-order valence-corrected chi connectivity index (χ2v) is 10.4. The predicted octanol–water partition coefficient (Wildman–Crippen LogP) is 1.62. The van der Waals surface area contributed by atoms with Gasteiger partial charge in [0.25, 0.3) is 0 Å². The largest absolute Gasteiger partial charge is 0.338 e. The fourth-order valence-electron chi connectivity index (χ4n) is 4.46. The number of amides is 1. The van der Waals surface area contributed by atoms with Crippen LogP contribution in [0.1, 0.15) is 31.7 Å². The number of likely N-dealkylation sites (tertiary alicyclic amines) is 1. The molecule has 2 aliphatic rings. The average Bonchev–Trinajstić information content (AvgIpc) is 3.03. The highest BCUT2D eigenvalue weighted by Crippen LogP contribution is 2.20. The monoisotopic (exact) mass is 407 g/mol. The summed E-state index contributed by atoms with van der Waals surface area (Å²) in [7, 11) is -0.794. The number of hydrogen-bond donors (Lipinski definition) is 0. The van der Waals surface area contributed by atoms with Gasteiger partial charge in [-0.25, -0.2) is 8.42 Å². The summed E-state index contributed by atoms with van der Waals surface area (Å²) in [6.07, 6.45) is 2.69. The molecule has 3 rings (SSSR count). The number of likely N-dealkylation sites (N-methyl/N-ethyl adjacent to an activating group) is 1. The van der Waals surface area contributed by atoms with E-state index in [2.05, 4.69) is 41.1 Å². The molecule has 0 saturated carbocycles. The summed E-state index contributed by atoms with van der Waals surface area (Å²) in [4.78, 5) is 19.2. The number of sulfone groups is 1. The third-order valence-corrected chi connectivity index (χ3v) is 7.87. The molecule has 0 aliphatic carbocycles. The first-order valence-electron chi connectivity index (χ1n) is 10.3. The first-order valence-corrected chi connectivity index (χ1v) is 12.2. The highest BCUT2D eigenvalue weighted by atomic mass is 32.2. The number of piperidine rings is 1. The van der Waals surface area contributed by atoms with Crippen LogP contribution in [0.2, 0.25) is 0 Å². The molecule has 0 spiro atoms.